The Morgan fingerprint density at radius 2 is 1.87 bits per heavy atom. The Morgan fingerprint density at radius 1 is 1.33 bits per heavy atom. The van der Waals surface area contributed by atoms with Gasteiger partial charge in [0, 0.05) is 9.26 Å². The Morgan fingerprint density at radius 3 is 2.33 bits per heavy atom. The van der Waals surface area contributed by atoms with Crippen molar-refractivity contribution in [1.29, 1.82) is 0 Å². The molecular weight excluding hydrogens is 344 g/mol. The molecule has 78 valence electrons. The van der Waals surface area contributed by atoms with E-state index in [1.54, 1.807) is 13.0 Å². The van der Waals surface area contributed by atoms with E-state index in [0.717, 1.165) is 3.57 Å². The fraction of sp³-hybridized carbons (Fsp3) is 0.250. The first kappa shape index (κ1) is 16.2. The third kappa shape index (κ3) is 5.40. The summed E-state index contributed by atoms with van der Waals surface area (Å²) in [5.41, 5.74) is 6.81. The van der Waals surface area contributed by atoms with Gasteiger partial charge in [-0.3, -0.25) is 0 Å². The molecule has 0 bridgehead atoms. The van der Waals surface area contributed by atoms with Crippen LogP contribution in [0.25, 0.3) is 0 Å². The summed E-state index contributed by atoms with van der Waals surface area (Å²) in [5.74, 6) is 0. The van der Waals surface area contributed by atoms with Gasteiger partial charge in [0.2, 0.25) is 0 Å². The van der Waals surface area contributed by atoms with Gasteiger partial charge in [0.15, 0.2) is 0 Å². The zero-order valence-corrected chi connectivity index (χ0v) is 13.8. The quantitative estimate of drug-likeness (QED) is 0.456. The van der Waals surface area contributed by atoms with Crippen LogP contribution in [0.3, 0.4) is 0 Å². The zero-order valence-electron chi connectivity index (χ0n) is 8.53. The second-order valence-electron chi connectivity index (χ2n) is 3.20. The van der Waals surface area contributed by atoms with Crippen molar-refractivity contribution >= 4 is 35.3 Å². The fourth-order valence-electron chi connectivity index (χ4n) is 1.22. The molecule has 0 atom stereocenters. The minimum atomic E-state index is -4.79. The Bertz CT molecular complexity index is 356. The minimum Gasteiger partial charge on any atom is -0.449 e. The molecular formula is C8H9BF3IKN. The van der Waals surface area contributed by atoms with Gasteiger partial charge in [-0.05, 0) is 47.2 Å². The van der Waals surface area contributed by atoms with Crippen molar-refractivity contribution in [1.82, 2.24) is 0 Å². The first-order valence-electron chi connectivity index (χ1n) is 4.05. The van der Waals surface area contributed by atoms with Crippen LogP contribution < -0.4 is 57.1 Å². The predicted molar refractivity (Wildman–Crippen MR) is 61.1 cm³/mol. The van der Waals surface area contributed by atoms with Crippen LogP contribution in [0.1, 0.15) is 11.1 Å². The number of benzene rings is 1. The molecule has 0 unspecified atom stereocenters. The number of halogens is 4. The number of nitrogen functional groups attached to an aromatic ring is 1. The summed E-state index contributed by atoms with van der Waals surface area (Å²) in [4.78, 5) is 0. The van der Waals surface area contributed by atoms with Crippen LogP contribution in [0, 0.1) is 10.5 Å². The van der Waals surface area contributed by atoms with E-state index in [1.165, 1.54) is 6.07 Å². The topological polar surface area (TPSA) is 26.0 Å². The number of rotatable bonds is 2. The molecule has 0 spiro atoms. The molecule has 1 rings (SSSR count). The standard InChI is InChI=1S/C8H9BF3IN.K/c1-5-6(4-9(10,11)12)2-7(14)3-8(5)13;/h2-3H,4,14H2,1H3;/q-1;+1. The van der Waals surface area contributed by atoms with E-state index in [1.807, 2.05) is 22.6 Å². The van der Waals surface area contributed by atoms with E-state index >= 15 is 0 Å². The van der Waals surface area contributed by atoms with Crippen molar-refractivity contribution in [3.05, 3.63) is 26.8 Å². The van der Waals surface area contributed by atoms with Crippen molar-refractivity contribution in [3.63, 3.8) is 0 Å². The SMILES string of the molecule is Cc1c(I)cc(N)cc1C[B-](F)(F)F.[K+]. The normalized spacial score (nSPS) is 11.0. The molecule has 1 nitrogen and oxygen atoms in total. The van der Waals surface area contributed by atoms with Crippen molar-refractivity contribution < 1.29 is 64.3 Å². The summed E-state index contributed by atoms with van der Waals surface area (Å²) in [5, 5.41) is 0. The third-order valence-electron chi connectivity index (χ3n) is 1.93. The van der Waals surface area contributed by atoms with Crippen LogP contribution >= 0.6 is 22.6 Å². The first-order valence-corrected chi connectivity index (χ1v) is 5.13. The van der Waals surface area contributed by atoms with Gasteiger partial charge in [-0.15, -0.1) is 0 Å². The number of nitrogens with two attached hydrogens (primary N) is 1. The van der Waals surface area contributed by atoms with E-state index in [4.69, 9.17) is 5.73 Å². The van der Waals surface area contributed by atoms with E-state index in [2.05, 4.69) is 0 Å². The summed E-state index contributed by atoms with van der Waals surface area (Å²) in [7, 11) is 0. The van der Waals surface area contributed by atoms with Gasteiger partial charge in [0.05, 0.1) is 0 Å². The number of hydrogen-bond donors (Lipinski definition) is 1. The van der Waals surface area contributed by atoms with Crippen LogP contribution in [0.5, 0.6) is 0 Å². The van der Waals surface area contributed by atoms with Crippen LogP contribution in [0.2, 0.25) is 0 Å². The number of hydrogen-bond acceptors (Lipinski definition) is 1. The van der Waals surface area contributed by atoms with Crippen molar-refractivity contribution in [2.45, 2.75) is 13.2 Å². The Kier molecular flexibility index (Phi) is 6.77. The van der Waals surface area contributed by atoms with Gasteiger partial charge in [0.1, 0.15) is 0 Å². The molecule has 0 saturated carbocycles. The van der Waals surface area contributed by atoms with Crippen molar-refractivity contribution in [2.75, 3.05) is 5.73 Å². The Balaban J connectivity index is 0.00000196. The van der Waals surface area contributed by atoms with E-state index in [0.29, 0.717) is 11.3 Å². The Labute approximate surface area is 143 Å². The number of anilines is 1. The molecule has 0 saturated heterocycles. The molecule has 0 aliphatic carbocycles. The van der Waals surface area contributed by atoms with Gasteiger partial charge in [0.25, 0.3) is 0 Å². The fourth-order valence-corrected chi connectivity index (χ4v) is 1.93. The second kappa shape index (κ2) is 6.25. The second-order valence-corrected chi connectivity index (χ2v) is 4.36. The molecule has 1 aromatic carbocycles. The predicted octanol–water partition coefficient (Wildman–Crippen LogP) is 0.115. The monoisotopic (exact) mass is 353 g/mol. The summed E-state index contributed by atoms with van der Waals surface area (Å²) in [6.07, 6.45) is -0.854. The smallest absolute Gasteiger partial charge is 0.449 e. The van der Waals surface area contributed by atoms with E-state index in [9.17, 15) is 12.9 Å². The summed E-state index contributed by atoms with van der Waals surface area (Å²) < 4.78 is 37.4. The van der Waals surface area contributed by atoms with Crippen molar-refractivity contribution in [3.8, 4) is 0 Å². The summed E-state index contributed by atoms with van der Waals surface area (Å²) in [6, 6.07) is 3.06. The molecule has 0 aliphatic heterocycles. The van der Waals surface area contributed by atoms with Crippen LogP contribution in [-0.4, -0.2) is 6.98 Å². The summed E-state index contributed by atoms with van der Waals surface area (Å²) >= 11 is 1.99. The zero-order chi connectivity index (χ0) is 10.9. The molecule has 0 fully saturated rings. The molecule has 15 heavy (non-hydrogen) atoms. The average molecular weight is 353 g/mol. The molecule has 2 N–H and O–H groups in total. The largest absolute Gasteiger partial charge is 1.00 e. The van der Waals surface area contributed by atoms with E-state index in [-0.39, 0.29) is 56.9 Å². The molecule has 1 aromatic rings. The maximum absolute atomic E-state index is 12.2. The molecule has 0 heterocycles. The van der Waals surface area contributed by atoms with Crippen LogP contribution in [0.4, 0.5) is 18.6 Å². The molecule has 7 heteroatoms. The molecule has 0 radical (unpaired) electrons. The van der Waals surface area contributed by atoms with Crippen LogP contribution in [0.15, 0.2) is 12.1 Å². The third-order valence-corrected chi connectivity index (χ3v) is 3.05. The van der Waals surface area contributed by atoms with Gasteiger partial charge < -0.3 is 18.7 Å². The maximum atomic E-state index is 12.2. The Hall–Kier alpha value is 1.24. The molecule has 0 aliphatic rings. The van der Waals surface area contributed by atoms with Gasteiger partial charge in [-0.25, -0.2) is 0 Å². The van der Waals surface area contributed by atoms with Gasteiger partial charge >= 0.3 is 58.4 Å². The van der Waals surface area contributed by atoms with Gasteiger partial charge in [-0.2, -0.15) is 0 Å². The molecule has 0 aromatic heterocycles. The molecule has 0 amide bonds. The van der Waals surface area contributed by atoms with Crippen molar-refractivity contribution in [2.24, 2.45) is 0 Å². The van der Waals surface area contributed by atoms with Crippen LogP contribution in [-0.2, 0) is 6.32 Å². The minimum absolute atomic E-state index is 0. The summed E-state index contributed by atoms with van der Waals surface area (Å²) in [6.45, 7) is -3.11. The van der Waals surface area contributed by atoms with Gasteiger partial charge in [-0.1, -0.05) is 11.9 Å². The average Bonchev–Trinajstić information content (AvgIpc) is 1.96. The maximum Gasteiger partial charge on any atom is 1.00 e. The first-order chi connectivity index (χ1) is 6.29. The van der Waals surface area contributed by atoms with E-state index < -0.39 is 13.3 Å².